The molecule has 0 saturated carbocycles. The molecule has 3 amide bonds. The summed E-state index contributed by atoms with van der Waals surface area (Å²) in [5, 5.41) is 13.0. The highest BCUT2D eigenvalue weighted by atomic mass is 19.4. The Balaban J connectivity index is 4.65. The molecule has 0 fully saturated rings. The van der Waals surface area contributed by atoms with Gasteiger partial charge in [-0.25, -0.2) is 4.79 Å². The molecular weight excluding hydrogens is 295 g/mol. The molecule has 122 valence electrons. The Hall–Kier alpha value is -2.00. The second-order valence-corrected chi connectivity index (χ2v) is 4.33. The largest absolute Gasteiger partial charge is 0.480 e. The summed E-state index contributed by atoms with van der Waals surface area (Å²) in [6.45, 7) is 0.625. The third-order valence-electron chi connectivity index (χ3n) is 2.27. The van der Waals surface area contributed by atoms with Crippen LogP contribution in [0.5, 0.6) is 0 Å². The number of carboxylic acid groups (broad SMARTS) is 1. The van der Waals surface area contributed by atoms with Gasteiger partial charge in [-0.15, -0.1) is 0 Å². The number of nitrogens with zero attached hydrogens (tertiary/aromatic N) is 1. The van der Waals surface area contributed by atoms with Gasteiger partial charge in [0.2, 0.25) is 5.91 Å². The lowest BCUT2D eigenvalue weighted by molar-refractivity contribution is -0.149. The predicted molar refractivity (Wildman–Crippen MR) is 66.6 cm³/mol. The molecule has 7 nitrogen and oxygen atoms in total. The first-order valence-corrected chi connectivity index (χ1v) is 6.18. The van der Waals surface area contributed by atoms with Crippen LogP contribution in [0.15, 0.2) is 0 Å². The number of nitrogens with one attached hydrogen (secondary N) is 2. The summed E-state index contributed by atoms with van der Waals surface area (Å²) < 4.78 is 36.9. The van der Waals surface area contributed by atoms with Gasteiger partial charge in [0, 0.05) is 6.54 Å². The van der Waals surface area contributed by atoms with Gasteiger partial charge in [0.1, 0.15) is 19.1 Å². The van der Waals surface area contributed by atoms with E-state index in [1.54, 1.807) is 6.92 Å². The zero-order valence-electron chi connectivity index (χ0n) is 11.7. The van der Waals surface area contributed by atoms with Gasteiger partial charge in [0.25, 0.3) is 0 Å². The van der Waals surface area contributed by atoms with Gasteiger partial charge in [-0.1, -0.05) is 6.92 Å². The molecule has 10 heteroatoms. The van der Waals surface area contributed by atoms with Gasteiger partial charge < -0.3 is 20.6 Å². The minimum atomic E-state index is -4.74. The number of aliphatic carboxylic acids is 1. The number of rotatable bonds is 7. The highest BCUT2D eigenvalue weighted by Crippen LogP contribution is 2.16. The second kappa shape index (κ2) is 8.32. The summed E-state index contributed by atoms with van der Waals surface area (Å²) in [6, 6.07) is -2.34. The molecule has 0 rings (SSSR count). The third-order valence-corrected chi connectivity index (χ3v) is 2.27. The lowest BCUT2D eigenvalue weighted by Crippen LogP contribution is -2.52. The fourth-order valence-corrected chi connectivity index (χ4v) is 1.32. The second-order valence-electron chi connectivity index (χ2n) is 4.33. The molecule has 0 saturated heterocycles. The molecule has 0 heterocycles. The Bertz CT molecular complexity index is 387. The normalized spacial score (nSPS) is 12.4. The smallest absolute Gasteiger partial charge is 0.406 e. The number of carbonyl (C=O) groups excluding carboxylic acids is 2. The first-order valence-electron chi connectivity index (χ1n) is 6.18. The van der Waals surface area contributed by atoms with E-state index >= 15 is 0 Å². The van der Waals surface area contributed by atoms with E-state index < -0.39 is 43.2 Å². The summed E-state index contributed by atoms with van der Waals surface area (Å²) in [5.41, 5.74) is 0. The maximum absolute atomic E-state index is 12.3. The van der Waals surface area contributed by atoms with E-state index in [0.29, 0.717) is 13.0 Å². The maximum Gasteiger partial charge on any atom is 0.406 e. The predicted octanol–water partition coefficient (Wildman–Crippen LogP) is 0.560. The van der Waals surface area contributed by atoms with Crippen LogP contribution in [-0.4, -0.2) is 59.8 Å². The number of hydrogen-bond acceptors (Lipinski definition) is 3. The van der Waals surface area contributed by atoms with Gasteiger partial charge >= 0.3 is 18.2 Å². The van der Waals surface area contributed by atoms with Crippen molar-refractivity contribution in [3.05, 3.63) is 0 Å². The number of alkyl halides is 3. The average molecular weight is 313 g/mol. The van der Waals surface area contributed by atoms with Crippen LogP contribution in [-0.2, 0) is 9.59 Å². The van der Waals surface area contributed by atoms with Gasteiger partial charge in [-0.05, 0) is 13.3 Å². The molecule has 0 aromatic rings. The van der Waals surface area contributed by atoms with Crippen LogP contribution in [0.25, 0.3) is 0 Å². The molecule has 0 aromatic carbocycles. The van der Waals surface area contributed by atoms with Crippen LogP contribution in [0, 0.1) is 0 Å². The molecular formula is C11H18F3N3O4. The molecule has 0 radical (unpaired) electrons. The highest BCUT2D eigenvalue weighted by Gasteiger charge is 2.34. The Morgan fingerprint density at radius 2 is 1.86 bits per heavy atom. The minimum Gasteiger partial charge on any atom is -0.480 e. The fourth-order valence-electron chi connectivity index (χ4n) is 1.32. The first kappa shape index (κ1) is 19.0. The topological polar surface area (TPSA) is 98.7 Å². The lowest BCUT2D eigenvalue weighted by atomic mass is 10.3. The van der Waals surface area contributed by atoms with E-state index in [2.05, 4.69) is 5.32 Å². The molecule has 0 aliphatic heterocycles. The maximum atomic E-state index is 12.3. The van der Waals surface area contributed by atoms with Gasteiger partial charge in [0.05, 0.1) is 0 Å². The van der Waals surface area contributed by atoms with Crippen molar-refractivity contribution in [2.24, 2.45) is 0 Å². The lowest BCUT2D eigenvalue weighted by Gasteiger charge is -2.24. The average Bonchev–Trinajstić information content (AvgIpc) is 2.32. The van der Waals surface area contributed by atoms with Gasteiger partial charge in [-0.3, -0.25) is 9.59 Å². The Labute approximate surface area is 119 Å². The number of halogens is 3. The van der Waals surface area contributed by atoms with E-state index in [1.807, 2.05) is 5.32 Å². The summed E-state index contributed by atoms with van der Waals surface area (Å²) in [5.74, 6) is -2.15. The third kappa shape index (κ3) is 8.71. The Kier molecular flexibility index (Phi) is 7.53. The molecule has 3 N–H and O–H groups in total. The van der Waals surface area contributed by atoms with E-state index in [0.717, 1.165) is 0 Å². The molecule has 1 atom stereocenters. The molecule has 0 aromatic heterocycles. The minimum absolute atomic E-state index is 0.0753. The van der Waals surface area contributed by atoms with Gasteiger partial charge in [-0.2, -0.15) is 13.2 Å². The van der Waals surface area contributed by atoms with E-state index in [1.165, 1.54) is 6.92 Å². The Morgan fingerprint density at radius 1 is 1.29 bits per heavy atom. The summed E-state index contributed by atoms with van der Waals surface area (Å²) in [6.07, 6.45) is -4.08. The number of amides is 3. The standard InChI is InChI=1S/C11H18F3N3O4/c1-3-4-15-9(20)7(2)16-10(21)17(5-8(18)19)6-11(12,13)14/h7H,3-6H2,1-2H3,(H,15,20)(H,16,21)(H,18,19). The highest BCUT2D eigenvalue weighted by molar-refractivity contribution is 5.87. The van der Waals surface area contributed by atoms with Crippen molar-refractivity contribution >= 4 is 17.9 Å². The Morgan fingerprint density at radius 3 is 2.29 bits per heavy atom. The van der Waals surface area contributed by atoms with Crippen LogP contribution in [0.2, 0.25) is 0 Å². The van der Waals surface area contributed by atoms with Crippen LogP contribution in [0.4, 0.5) is 18.0 Å². The molecule has 0 bridgehead atoms. The number of urea groups is 1. The number of carbonyl (C=O) groups is 3. The van der Waals surface area contributed by atoms with Crippen LogP contribution in [0.1, 0.15) is 20.3 Å². The van der Waals surface area contributed by atoms with E-state index in [9.17, 15) is 27.6 Å². The quantitative estimate of drug-likeness (QED) is 0.639. The monoisotopic (exact) mass is 313 g/mol. The molecule has 0 spiro atoms. The zero-order valence-corrected chi connectivity index (χ0v) is 11.7. The van der Waals surface area contributed by atoms with Crippen molar-refractivity contribution in [1.29, 1.82) is 0 Å². The van der Waals surface area contributed by atoms with Crippen molar-refractivity contribution < 1.29 is 32.7 Å². The van der Waals surface area contributed by atoms with Crippen LogP contribution < -0.4 is 10.6 Å². The zero-order chi connectivity index (χ0) is 16.6. The first-order chi connectivity index (χ1) is 9.56. The molecule has 1 unspecified atom stereocenters. The van der Waals surface area contributed by atoms with E-state index in [-0.39, 0.29) is 4.90 Å². The summed E-state index contributed by atoms with van der Waals surface area (Å²) in [7, 11) is 0. The van der Waals surface area contributed by atoms with Crippen molar-refractivity contribution in [3.63, 3.8) is 0 Å². The molecule has 0 aliphatic rings. The number of hydrogen-bond donors (Lipinski definition) is 3. The molecule has 21 heavy (non-hydrogen) atoms. The fraction of sp³-hybridized carbons (Fsp3) is 0.727. The van der Waals surface area contributed by atoms with Crippen LogP contribution in [0.3, 0.4) is 0 Å². The SMILES string of the molecule is CCCNC(=O)C(C)NC(=O)N(CC(=O)O)CC(F)(F)F. The van der Waals surface area contributed by atoms with Crippen molar-refractivity contribution in [1.82, 2.24) is 15.5 Å². The molecule has 0 aliphatic carbocycles. The van der Waals surface area contributed by atoms with E-state index in [4.69, 9.17) is 5.11 Å². The van der Waals surface area contributed by atoms with Gasteiger partial charge in [0.15, 0.2) is 0 Å². The van der Waals surface area contributed by atoms with Crippen molar-refractivity contribution in [2.45, 2.75) is 32.5 Å². The number of carboxylic acids is 1. The van der Waals surface area contributed by atoms with Crippen LogP contribution >= 0.6 is 0 Å². The summed E-state index contributed by atoms with van der Waals surface area (Å²) in [4.78, 5) is 33.7. The van der Waals surface area contributed by atoms with Crippen molar-refractivity contribution in [2.75, 3.05) is 19.6 Å². The van der Waals surface area contributed by atoms with Crippen molar-refractivity contribution in [3.8, 4) is 0 Å². The summed E-state index contributed by atoms with van der Waals surface area (Å²) >= 11 is 0.